The molecule has 0 N–H and O–H groups in total. The summed E-state index contributed by atoms with van der Waals surface area (Å²) in [6, 6.07) is 8.27. The minimum Gasteiger partial charge on any atom is -0.321 e. The van der Waals surface area contributed by atoms with Crippen LogP contribution < -0.4 is 0 Å². The van der Waals surface area contributed by atoms with E-state index in [0.717, 1.165) is 11.4 Å². The maximum Gasteiger partial charge on any atom is 0.0965 e. The van der Waals surface area contributed by atoms with E-state index in [1.54, 1.807) is 0 Å². The van der Waals surface area contributed by atoms with E-state index in [1.165, 1.54) is 11.9 Å². The molecule has 0 bridgehead atoms. The van der Waals surface area contributed by atoms with Crippen molar-refractivity contribution >= 4 is 22.8 Å². The fourth-order valence-electron chi connectivity index (χ4n) is 1.44. The third kappa shape index (κ3) is 2.34. The zero-order valence-electron chi connectivity index (χ0n) is 9.18. The van der Waals surface area contributed by atoms with Crippen LogP contribution in [0.1, 0.15) is 20.3 Å². The van der Waals surface area contributed by atoms with Gasteiger partial charge >= 0.3 is 0 Å². The Morgan fingerprint density at radius 2 is 2.20 bits per heavy atom. The van der Waals surface area contributed by atoms with Crippen LogP contribution in [0.5, 0.6) is 0 Å². The second-order valence-corrected chi connectivity index (χ2v) is 5.11. The monoisotopic (exact) mass is 220 g/mol. The molecule has 15 heavy (non-hydrogen) atoms. The van der Waals surface area contributed by atoms with Gasteiger partial charge in [0.15, 0.2) is 0 Å². The molecule has 1 aromatic carbocycles. The molecule has 2 aromatic rings. The molecule has 0 aliphatic heterocycles. The van der Waals surface area contributed by atoms with Gasteiger partial charge in [-0.05, 0) is 18.6 Å². The Bertz CT molecular complexity index is 436. The Kier molecular flexibility index (Phi) is 3.31. The molecule has 0 aliphatic rings. The zero-order chi connectivity index (χ0) is 10.7. The summed E-state index contributed by atoms with van der Waals surface area (Å²) in [6.07, 6.45) is 3.15. The summed E-state index contributed by atoms with van der Waals surface area (Å²) >= 11 is 1.97. The van der Waals surface area contributed by atoms with Gasteiger partial charge in [-0.3, -0.25) is 0 Å². The molecular weight excluding hydrogens is 204 g/mol. The second-order valence-electron chi connectivity index (χ2n) is 3.72. The highest BCUT2D eigenvalue weighted by molar-refractivity contribution is 7.98. The average Bonchev–Trinajstić information content (AvgIpc) is 2.69. The summed E-state index contributed by atoms with van der Waals surface area (Å²) in [5.74, 6) is 0.996. The summed E-state index contributed by atoms with van der Waals surface area (Å²) in [5, 5.41) is 0.714. The number of imidazole rings is 1. The van der Waals surface area contributed by atoms with E-state index in [4.69, 9.17) is 0 Å². The van der Waals surface area contributed by atoms with Crippen molar-refractivity contribution in [2.45, 2.75) is 31.4 Å². The van der Waals surface area contributed by atoms with Crippen LogP contribution in [-0.4, -0.2) is 14.8 Å². The maximum atomic E-state index is 4.37. The van der Waals surface area contributed by atoms with Gasteiger partial charge in [0.2, 0.25) is 0 Å². The van der Waals surface area contributed by atoms with Gasteiger partial charge in [0.1, 0.15) is 0 Å². The number of para-hydroxylation sites is 2. The highest BCUT2D eigenvalue weighted by Gasteiger charge is 2.03. The van der Waals surface area contributed by atoms with E-state index in [-0.39, 0.29) is 0 Å². The van der Waals surface area contributed by atoms with Crippen LogP contribution in [-0.2, 0) is 5.88 Å². The predicted molar refractivity (Wildman–Crippen MR) is 67.1 cm³/mol. The Hall–Kier alpha value is -0.960. The molecule has 1 unspecified atom stereocenters. The first-order valence-electron chi connectivity index (χ1n) is 5.32. The lowest BCUT2D eigenvalue weighted by atomic mass is 10.3. The molecule has 0 saturated heterocycles. The standard InChI is InChI=1S/C12H16N2S/c1-3-10(2)15-9-14-8-13-11-6-4-5-7-12(11)14/h4-8,10H,3,9H2,1-2H3. The second kappa shape index (κ2) is 4.71. The molecule has 1 heterocycles. The highest BCUT2D eigenvalue weighted by atomic mass is 32.2. The van der Waals surface area contributed by atoms with Crippen LogP contribution in [0, 0.1) is 0 Å². The average molecular weight is 220 g/mol. The molecule has 1 aromatic heterocycles. The Balaban J connectivity index is 2.14. The lowest BCUT2D eigenvalue weighted by Gasteiger charge is -2.09. The fourth-order valence-corrected chi connectivity index (χ4v) is 2.30. The molecule has 3 heteroatoms. The Morgan fingerprint density at radius 3 is 3.00 bits per heavy atom. The first kappa shape index (κ1) is 10.6. The van der Waals surface area contributed by atoms with E-state index in [1.807, 2.05) is 24.2 Å². The van der Waals surface area contributed by atoms with E-state index in [2.05, 4.69) is 41.6 Å². The van der Waals surface area contributed by atoms with E-state index in [9.17, 15) is 0 Å². The van der Waals surface area contributed by atoms with Crippen LogP contribution in [0.3, 0.4) is 0 Å². The maximum absolute atomic E-state index is 4.37. The minimum atomic E-state index is 0.714. The molecule has 0 amide bonds. The van der Waals surface area contributed by atoms with Crippen molar-refractivity contribution in [2.75, 3.05) is 0 Å². The smallest absolute Gasteiger partial charge is 0.0965 e. The van der Waals surface area contributed by atoms with Crippen molar-refractivity contribution in [3.63, 3.8) is 0 Å². The molecule has 0 saturated carbocycles. The Morgan fingerprint density at radius 1 is 1.40 bits per heavy atom. The highest BCUT2D eigenvalue weighted by Crippen LogP contribution is 2.19. The number of nitrogens with zero attached hydrogens (tertiary/aromatic N) is 2. The number of thioether (sulfide) groups is 1. The fraction of sp³-hybridized carbons (Fsp3) is 0.417. The summed E-state index contributed by atoms with van der Waals surface area (Å²) in [5.41, 5.74) is 2.32. The number of hydrogen-bond acceptors (Lipinski definition) is 2. The van der Waals surface area contributed by atoms with Gasteiger partial charge in [-0.2, -0.15) is 0 Å². The largest absolute Gasteiger partial charge is 0.321 e. The molecule has 0 radical (unpaired) electrons. The van der Waals surface area contributed by atoms with Crippen molar-refractivity contribution in [3.05, 3.63) is 30.6 Å². The lowest BCUT2D eigenvalue weighted by molar-refractivity contribution is 0.872. The molecule has 2 rings (SSSR count). The summed E-state index contributed by atoms with van der Waals surface area (Å²) in [4.78, 5) is 4.37. The van der Waals surface area contributed by atoms with E-state index < -0.39 is 0 Å². The zero-order valence-corrected chi connectivity index (χ0v) is 10.00. The summed E-state index contributed by atoms with van der Waals surface area (Å²) in [6.45, 7) is 4.49. The first-order chi connectivity index (χ1) is 7.31. The van der Waals surface area contributed by atoms with Crippen molar-refractivity contribution in [2.24, 2.45) is 0 Å². The Labute approximate surface area is 94.7 Å². The van der Waals surface area contributed by atoms with Gasteiger partial charge in [-0.25, -0.2) is 4.98 Å². The van der Waals surface area contributed by atoms with Crippen molar-refractivity contribution in [3.8, 4) is 0 Å². The van der Waals surface area contributed by atoms with Crippen molar-refractivity contribution < 1.29 is 0 Å². The lowest BCUT2D eigenvalue weighted by Crippen LogP contribution is -1.98. The number of aromatic nitrogens is 2. The molecule has 1 atom stereocenters. The van der Waals surface area contributed by atoms with Gasteiger partial charge in [-0.1, -0.05) is 26.0 Å². The van der Waals surface area contributed by atoms with Gasteiger partial charge < -0.3 is 4.57 Å². The quantitative estimate of drug-likeness (QED) is 0.784. The minimum absolute atomic E-state index is 0.714. The van der Waals surface area contributed by atoms with Crippen LogP contribution in [0.15, 0.2) is 30.6 Å². The normalized spacial score (nSPS) is 13.2. The van der Waals surface area contributed by atoms with Gasteiger partial charge in [0.25, 0.3) is 0 Å². The summed E-state index contributed by atoms with van der Waals surface area (Å²) < 4.78 is 2.21. The van der Waals surface area contributed by atoms with Gasteiger partial charge in [0.05, 0.1) is 23.2 Å². The van der Waals surface area contributed by atoms with Crippen molar-refractivity contribution in [1.82, 2.24) is 9.55 Å². The third-order valence-corrected chi connectivity index (χ3v) is 3.93. The van der Waals surface area contributed by atoms with E-state index in [0.29, 0.717) is 5.25 Å². The predicted octanol–water partition coefficient (Wildman–Crippen LogP) is 3.53. The van der Waals surface area contributed by atoms with Crippen LogP contribution in [0.25, 0.3) is 11.0 Å². The molecular formula is C12H16N2S. The number of rotatable bonds is 4. The van der Waals surface area contributed by atoms with Crippen molar-refractivity contribution in [1.29, 1.82) is 0 Å². The van der Waals surface area contributed by atoms with Crippen LogP contribution >= 0.6 is 11.8 Å². The molecule has 0 aliphatic carbocycles. The van der Waals surface area contributed by atoms with E-state index >= 15 is 0 Å². The van der Waals surface area contributed by atoms with Crippen LogP contribution in [0.2, 0.25) is 0 Å². The topological polar surface area (TPSA) is 17.8 Å². The third-order valence-electron chi connectivity index (χ3n) is 2.60. The summed E-state index contributed by atoms with van der Waals surface area (Å²) in [7, 11) is 0. The number of fused-ring (bicyclic) bond motifs is 1. The number of hydrogen-bond donors (Lipinski definition) is 0. The SMILES string of the molecule is CCC(C)SCn1cnc2ccccc21. The first-order valence-corrected chi connectivity index (χ1v) is 6.37. The van der Waals surface area contributed by atoms with Gasteiger partial charge in [-0.15, -0.1) is 11.8 Å². The molecule has 0 fully saturated rings. The molecule has 0 spiro atoms. The number of benzene rings is 1. The molecule has 2 nitrogen and oxygen atoms in total. The molecule has 80 valence electrons. The van der Waals surface area contributed by atoms with Crippen LogP contribution in [0.4, 0.5) is 0 Å². The van der Waals surface area contributed by atoms with Gasteiger partial charge in [0, 0.05) is 5.25 Å².